The highest BCUT2D eigenvalue weighted by molar-refractivity contribution is 5.70. The maximum absolute atomic E-state index is 5.85. The van der Waals surface area contributed by atoms with Crippen molar-refractivity contribution in [1.29, 1.82) is 0 Å². The Balaban J connectivity index is 1.34. The van der Waals surface area contributed by atoms with Crippen molar-refractivity contribution in [3.63, 3.8) is 0 Å². The molecule has 0 spiro atoms. The van der Waals surface area contributed by atoms with Gasteiger partial charge in [-0.05, 0) is 60.2 Å². The Morgan fingerprint density at radius 3 is 2.14 bits per heavy atom. The first-order chi connectivity index (χ1) is 13.8. The Kier molecular flexibility index (Phi) is 5.24. The zero-order chi connectivity index (χ0) is 19.2. The van der Waals surface area contributed by atoms with Crippen LogP contribution >= 0.6 is 0 Å². The standard InChI is InChI=1S/C23H21N3O2/c24-19-6-4-5-18(15-19)23-16-22(25-26-23)17-9-11-21(12-10-17)28-14-13-27-20-7-2-1-3-8-20/h1-12,15-16H,13-14,24H2,(H,25,26). The number of nitrogens with zero attached hydrogens (tertiary/aromatic N) is 1. The molecule has 0 aliphatic carbocycles. The zero-order valence-corrected chi connectivity index (χ0v) is 15.3. The van der Waals surface area contributed by atoms with Crippen LogP contribution in [-0.4, -0.2) is 23.4 Å². The van der Waals surface area contributed by atoms with Gasteiger partial charge in [-0.3, -0.25) is 5.10 Å². The Morgan fingerprint density at radius 2 is 1.43 bits per heavy atom. The third kappa shape index (κ3) is 4.32. The number of nitrogens with two attached hydrogens (primary N) is 1. The summed E-state index contributed by atoms with van der Waals surface area (Å²) in [6.07, 6.45) is 0. The van der Waals surface area contributed by atoms with Crippen molar-refractivity contribution in [3.05, 3.63) is 84.9 Å². The number of H-pyrrole nitrogens is 1. The third-order valence-electron chi connectivity index (χ3n) is 4.29. The summed E-state index contributed by atoms with van der Waals surface area (Å²) in [7, 11) is 0. The highest BCUT2D eigenvalue weighted by atomic mass is 16.5. The van der Waals surface area contributed by atoms with E-state index in [-0.39, 0.29) is 0 Å². The monoisotopic (exact) mass is 371 g/mol. The molecule has 5 nitrogen and oxygen atoms in total. The van der Waals surface area contributed by atoms with Crippen LogP contribution in [0.25, 0.3) is 22.5 Å². The molecule has 0 fully saturated rings. The summed E-state index contributed by atoms with van der Waals surface area (Å²) in [5, 5.41) is 7.47. The van der Waals surface area contributed by atoms with Gasteiger partial charge >= 0.3 is 0 Å². The first-order valence-corrected chi connectivity index (χ1v) is 9.10. The fourth-order valence-corrected chi connectivity index (χ4v) is 2.88. The molecule has 0 radical (unpaired) electrons. The number of aromatic amines is 1. The molecule has 4 rings (SSSR count). The lowest BCUT2D eigenvalue weighted by atomic mass is 10.1. The lowest BCUT2D eigenvalue weighted by Crippen LogP contribution is -2.08. The summed E-state index contributed by atoms with van der Waals surface area (Å²) in [4.78, 5) is 0. The minimum absolute atomic E-state index is 0.484. The molecule has 28 heavy (non-hydrogen) atoms. The molecule has 3 aromatic carbocycles. The summed E-state index contributed by atoms with van der Waals surface area (Å²) in [5.74, 6) is 1.65. The summed E-state index contributed by atoms with van der Waals surface area (Å²) >= 11 is 0. The van der Waals surface area contributed by atoms with E-state index in [9.17, 15) is 0 Å². The molecule has 1 heterocycles. The third-order valence-corrected chi connectivity index (χ3v) is 4.29. The second kappa shape index (κ2) is 8.31. The van der Waals surface area contributed by atoms with Gasteiger partial charge in [-0.15, -0.1) is 0 Å². The number of para-hydroxylation sites is 1. The van der Waals surface area contributed by atoms with Crippen LogP contribution in [0.5, 0.6) is 11.5 Å². The number of anilines is 1. The van der Waals surface area contributed by atoms with Gasteiger partial charge in [0, 0.05) is 11.3 Å². The van der Waals surface area contributed by atoms with E-state index >= 15 is 0 Å². The number of hydrogen-bond donors (Lipinski definition) is 2. The van der Waals surface area contributed by atoms with Crippen LogP contribution in [0.3, 0.4) is 0 Å². The molecule has 0 saturated heterocycles. The number of benzene rings is 3. The molecule has 0 unspecified atom stereocenters. The van der Waals surface area contributed by atoms with Gasteiger partial charge in [-0.25, -0.2) is 0 Å². The molecule has 0 aliphatic rings. The van der Waals surface area contributed by atoms with E-state index in [4.69, 9.17) is 15.2 Å². The maximum atomic E-state index is 5.85. The topological polar surface area (TPSA) is 73.2 Å². The van der Waals surface area contributed by atoms with Gasteiger partial charge in [0.2, 0.25) is 0 Å². The minimum atomic E-state index is 0.484. The van der Waals surface area contributed by atoms with E-state index in [0.29, 0.717) is 13.2 Å². The van der Waals surface area contributed by atoms with Crippen LogP contribution in [0, 0.1) is 0 Å². The van der Waals surface area contributed by atoms with E-state index < -0.39 is 0 Å². The van der Waals surface area contributed by atoms with Gasteiger partial charge in [0.05, 0.1) is 11.4 Å². The molecule has 0 amide bonds. The Morgan fingerprint density at radius 1 is 0.714 bits per heavy atom. The van der Waals surface area contributed by atoms with Crippen molar-refractivity contribution in [1.82, 2.24) is 10.2 Å². The van der Waals surface area contributed by atoms with Gasteiger partial charge in [-0.1, -0.05) is 30.3 Å². The van der Waals surface area contributed by atoms with E-state index in [1.807, 2.05) is 84.9 Å². The quantitative estimate of drug-likeness (QED) is 0.362. The fraction of sp³-hybridized carbons (Fsp3) is 0.0870. The Labute approximate surface area is 163 Å². The van der Waals surface area contributed by atoms with Crippen LogP contribution in [0.15, 0.2) is 84.9 Å². The molecule has 5 heteroatoms. The average Bonchev–Trinajstić information content (AvgIpc) is 3.23. The van der Waals surface area contributed by atoms with E-state index in [2.05, 4.69) is 10.2 Å². The fourth-order valence-electron chi connectivity index (χ4n) is 2.88. The van der Waals surface area contributed by atoms with Crippen molar-refractivity contribution >= 4 is 5.69 Å². The molecule has 140 valence electrons. The molecule has 0 aliphatic heterocycles. The number of ether oxygens (including phenoxy) is 2. The van der Waals surface area contributed by atoms with E-state index in [1.165, 1.54) is 0 Å². The summed E-state index contributed by atoms with van der Waals surface area (Å²) < 4.78 is 11.4. The van der Waals surface area contributed by atoms with E-state index in [1.54, 1.807) is 0 Å². The summed E-state index contributed by atoms with van der Waals surface area (Å²) in [6, 6.07) is 27.3. The Hall–Kier alpha value is -3.73. The summed E-state index contributed by atoms with van der Waals surface area (Å²) in [5.41, 5.74) is 10.4. The molecule has 0 bridgehead atoms. The molecule has 0 atom stereocenters. The number of rotatable bonds is 7. The number of hydrogen-bond acceptors (Lipinski definition) is 4. The van der Waals surface area contributed by atoms with Crippen LogP contribution < -0.4 is 15.2 Å². The largest absolute Gasteiger partial charge is 0.490 e. The highest BCUT2D eigenvalue weighted by Crippen LogP contribution is 2.26. The van der Waals surface area contributed by atoms with Crippen LogP contribution in [-0.2, 0) is 0 Å². The van der Waals surface area contributed by atoms with Crippen molar-refractivity contribution < 1.29 is 9.47 Å². The maximum Gasteiger partial charge on any atom is 0.122 e. The van der Waals surface area contributed by atoms with Crippen molar-refractivity contribution in [2.45, 2.75) is 0 Å². The lowest BCUT2D eigenvalue weighted by Gasteiger charge is -2.08. The van der Waals surface area contributed by atoms with Gasteiger partial charge < -0.3 is 15.2 Å². The van der Waals surface area contributed by atoms with Crippen molar-refractivity contribution in [2.75, 3.05) is 18.9 Å². The van der Waals surface area contributed by atoms with Gasteiger partial charge in [0.15, 0.2) is 0 Å². The smallest absolute Gasteiger partial charge is 0.122 e. The van der Waals surface area contributed by atoms with Crippen molar-refractivity contribution in [3.8, 4) is 34.0 Å². The van der Waals surface area contributed by atoms with Crippen molar-refractivity contribution in [2.24, 2.45) is 0 Å². The number of nitrogen functional groups attached to an aromatic ring is 1. The Bertz CT molecular complexity index is 1030. The molecule has 1 aromatic heterocycles. The minimum Gasteiger partial charge on any atom is -0.490 e. The average molecular weight is 371 g/mol. The van der Waals surface area contributed by atoms with Crippen LogP contribution in [0.1, 0.15) is 0 Å². The molecular formula is C23H21N3O2. The number of nitrogens with one attached hydrogen (secondary N) is 1. The van der Waals surface area contributed by atoms with Crippen LogP contribution in [0.4, 0.5) is 5.69 Å². The molecular weight excluding hydrogens is 350 g/mol. The molecule has 0 saturated carbocycles. The predicted molar refractivity (Wildman–Crippen MR) is 111 cm³/mol. The molecule has 4 aromatic rings. The molecule has 3 N–H and O–H groups in total. The number of aromatic nitrogens is 2. The van der Waals surface area contributed by atoms with Gasteiger partial charge in [-0.2, -0.15) is 5.10 Å². The highest BCUT2D eigenvalue weighted by Gasteiger charge is 2.06. The second-order valence-corrected chi connectivity index (χ2v) is 6.33. The summed E-state index contributed by atoms with van der Waals surface area (Å²) in [6.45, 7) is 0.980. The van der Waals surface area contributed by atoms with Crippen LogP contribution in [0.2, 0.25) is 0 Å². The van der Waals surface area contributed by atoms with E-state index in [0.717, 1.165) is 39.7 Å². The second-order valence-electron chi connectivity index (χ2n) is 6.33. The SMILES string of the molecule is Nc1cccc(-c2cc(-c3ccc(OCCOc4ccccc4)cc3)[nH]n2)c1. The first kappa shape index (κ1) is 17.7. The van der Waals surface area contributed by atoms with Gasteiger partial charge in [0.25, 0.3) is 0 Å². The normalized spacial score (nSPS) is 10.6. The lowest BCUT2D eigenvalue weighted by molar-refractivity contribution is 0.217. The zero-order valence-electron chi connectivity index (χ0n) is 15.3. The van der Waals surface area contributed by atoms with Gasteiger partial charge in [0.1, 0.15) is 24.7 Å². The predicted octanol–water partition coefficient (Wildman–Crippen LogP) is 4.78. The first-order valence-electron chi connectivity index (χ1n) is 9.10.